The average Bonchev–Trinajstić information content (AvgIpc) is 3.13. The predicted molar refractivity (Wildman–Crippen MR) is 106 cm³/mol. The topological polar surface area (TPSA) is 54.2 Å². The standard InChI is InChI=1S/C21H24FN5/c1-2-23-21(25-14-18-10-6-7-11-19(18)22)26-15-20-24-12-13-27(20)16-17-8-4-3-5-9-17/h3-13H,2,14-16H2,1H3,(H2,23,25,26). The highest BCUT2D eigenvalue weighted by Crippen LogP contribution is 2.08. The van der Waals surface area contributed by atoms with Crippen LogP contribution in [0.5, 0.6) is 0 Å². The van der Waals surface area contributed by atoms with Crippen molar-refractivity contribution in [3.05, 3.63) is 89.8 Å². The number of hydrogen-bond donors (Lipinski definition) is 2. The van der Waals surface area contributed by atoms with Gasteiger partial charge < -0.3 is 15.2 Å². The molecular weight excluding hydrogens is 341 g/mol. The summed E-state index contributed by atoms with van der Waals surface area (Å²) >= 11 is 0. The number of rotatable bonds is 7. The number of halogens is 1. The molecule has 5 nitrogen and oxygen atoms in total. The Bertz CT molecular complexity index is 873. The fourth-order valence-corrected chi connectivity index (χ4v) is 2.73. The second kappa shape index (κ2) is 9.52. The van der Waals surface area contributed by atoms with Crippen molar-refractivity contribution < 1.29 is 4.39 Å². The summed E-state index contributed by atoms with van der Waals surface area (Å²) in [6.07, 6.45) is 3.76. The molecule has 0 aliphatic heterocycles. The normalized spacial score (nSPS) is 11.4. The fraction of sp³-hybridized carbons (Fsp3) is 0.238. The molecule has 0 aliphatic rings. The average molecular weight is 365 g/mol. The first kappa shape index (κ1) is 18.6. The number of aliphatic imine (C=N–C) groups is 1. The molecule has 1 aromatic heterocycles. The molecule has 1 heterocycles. The van der Waals surface area contributed by atoms with Crippen LogP contribution < -0.4 is 10.6 Å². The summed E-state index contributed by atoms with van der Waals surface area (Å²) < 4.78 is 15.9. The van der Waals surface area contributed by atoms with E-state index in [1.165, 1.54) is 11.6 Å². The second-order valence-electron chi connectivity index (χ2n) is 6.10. The predicted octanol–water partition coefficient (Wildman–Crippen LogP) is 3.33. The third-order valence-electron chi connectivity index (χ3n) is 4.12. The molecule has 2 N–H and O–H groups in total. The summed E-state index contributed by atoms with van der Waals surface area (Å²) in [6.45, 7) is 4.29. The molecule has 0 unspecified atom stereocenters. The van der Waals surface area contributed by atoms with Gasteiger partial charge in [-0.05, 0) is 18.6 Å². The zero-order valence-corrected chi connectivity index (χ0v) is 15.4. The molecule has 6 heteroatoms. The maximum absolute atomic E-state index is 13.8. The molecule has 0 saturated heterocycles. The Balaban J connectivity index is 1.64. The maximum atomic E-state index is 13.8. The van der Waals surface area contributed by atoms with Crippen LogP contribution in [0.15, 0.2) is 72.0 Å². The van der Waals surface area contributed by atoms with E-state index in [0.717, 1.165) is 18.9 Å². The summed E-state index contributed by atoms with van der Waals surface area (Å²) in [4.78, 5) is 8.91. The molecule has 0 aliphatic carbocycles. The van der Waals surface area contributed by atoms with E-state index in [4.69, 9.17) is 0 Å². The van der Waals surface area contributed by atoms with E-state index in [2.05, 4.69) is 37.3 Å². The van der Waals surface area contributed by atoms with Gasteiger partial charge in [0, 0.05) is 31.0 Å². The minimum Gasteiger partial charge on any atom is -0.357 e. The summed E-state index contributed by atoms with van der Waals surface area (Å²) in [6, 6.07) is 16.9. The summed E-state index contributed by atoms with van der Waals surface area (Å²) in [7, 11) is 0. The molecule has 140 valence electrons. The SMILES string of the molecule is CCNC(=NCc1ccccc1F)NCc1nccn1Cc1ccccc1. The molecular formula is C21H24FN5. The Morgan fingerprint density at radius 2 is 1.85 bits per heavy atom. The highest BCUT2D eigenvalue weighted by atomic mass is 19.1. The molecule has 0 fully saturated rings. The van der Waals surface area contributed by atoms with Gasteiger partial charge >= 0.3 is 0 Å². The number of guanidine groups is 1. The third kappa shape index (κ3) is 5.41. The Labute approximate surface area is 159 Å². The first-order chi connectivity index (χ1) is 13.3. The van der Waals surface area contributed by atoms with Crippen molar-refractivity contribution in [3.8, 4) is 0 Å². The Kier molecular flexibility index (Phi) is 6.57. The first-order valence-electron chi connectivity index (χ1n) is 9.05. The zero-order valence-electron chi connectivity index (χ0n) is 15.4. The Morgan fingerprint density at radius 1 is 1.07 bits per heavy atom. The molecule has 0 spiro atoms. The van der Waals surface area contributed by atoms with Gasteiger partial charge in [-0.3, -0.25) is 0 Å². The van der Waals surface area contributed by atoms with Gasteiger partial charge in [-0.1, -0.05) is 48.5 Å². The number of nitrogens with one attached hydrogen (secondary N) is 2. The number of aromatic nitrogens is 2. The van der Waals surface area contributed by atoms with Crippen molar-refractivity contribution >= 4 is 5.96 Å². The van der Waals surface area contributed by atoms with Crippen molar-refractivity contribution in [2.45, 2.75) is 26.6 Å². The Hall–Kier alpha value is -3.15. The van der Waals surface area contributed by atoms with Crippen molar-refractivity contribution in [2.75, 3.05) is 6.54 Å². The second-order valence-corrected chi connectivity index (χ2v) is 6.10. The van der Waals surface area contributed by atoms with E-state index in [1.54, 1.807) is 18.3 Å². The van der Waals surface area contributed by atoms with Crippen LogP contribution in [0.4, 0.5) is 4.39 Å². The Morgan fingerprint density at radius 3 is 2.63 bits per heavy atom. The quantitative estimate of drug-likeness (QED) is 0.499. The van der Waals surface area contributed by atoms with E-state index in [-0.39, 0.29) is 12.4 Å². The van der Waals surface area contributed by atoms with Crippen LogP contribution in [0.25, 0.3) is 0 Å². The molecule has 0 amide bonds. The van der Waals surface area contributed by atoms with Gasteiger partial charge in [-0.15, -0.1) is 0 Å². The van der Waals surface area contributed by atoms with Crippen LogP contribution in [0.1, 0.15) is 23.9 Å². The monoisotopic (exact) mass is 365 g/mol. The summed E-state index contributed by atoms with van der Waals surface area (Å²) in [5, 5.41) is 6.46. The highest BCUT2D eigenvalue weighted by molar-refractivity contribution is 5.79. The van der Waals surface area contributed by atoms with Crippen LogP contribution in [-0.2, 0) is 19.6 Å². The lowest BCUT2D eigenvalue weighted by Gasteiger charge is -2.13. The maximum Gasteiger partial charge on any atom is 0.191 e. The number of nitrogens with zero attached hydrogens (tertiary/aromatic N) is 3. The molecule has 0 radical (unpaired) electrons. The largest absolute Gasteiger partial charge is 0.357 e. The van der Waals surface area contributed by atoms with Gasteiger partial charge in [0.05, 0.1) is 13.1 Å². The summed E-state index contributed by atoms with van der Waals surface area (Å²) in [5.41, 5.74) is 1.79. The highest BCUT2D eigenvalue weighted by Gasteiger charge is 2.06. The molecule has 3 rings (SSSR count). The van der Waals surface area contributed by atoms with E-state index >= 15 is 0 Å². The van der Waals surface area contributed by atoms with Crippen molar-refractivity contribution in [2.24, 2.45) is 4.99 Å². The van der Waals surface area contributed by atoms with E-state index in [9.17, 15) is 4.39 Å². The lowest BCUT2D eigenvalue weighted by atomic mass is 10.2. The van der Waals surface area contributed by atoms with Crippen LogP contribution >= 0.6 is 0 Å². The summed E-state index contributed by atoms with van der Waals surface area (Å²) in [5.74, 6) is 1.31. The lowest BCUT2D eigenvalue weighted by Crippen LogP contribution is -2.37. The van der Waals surface area contributed by atoms with Crippen LogP contribution in [0, 0.1) is 5.82 Å². The van der Waals surface area contributed by atoms with Gasteiger partial charge in [0.25, 0.3) is 0 Å². The molecule has 0 bridgehead atoms. The molecule has 2 aromatic carbocycles. The molecule has 0 saturated carbocycles. The number of imidazole rings is 1. The minimum absolute atomic E-state index is 0.240. The lowest BCUT2D eigenvalue weighted by molar-refractivity contribution is 0.610. The fourth-order valence-electron chi connectivity index (χ4n) is 2.73. The number of benzene rings is 2. The smallest absolute Gasteiger partial charge is 0.191 e. The van der Waals surface area contributed by atoms with Crippen molar-refractivity contribution in [1.29, 1.82) is 0 Å². The van der Waals surface area contributed by atoms with Crippen LogP contribution in [0.3, 0.4) is 0 Å². The molecule has 0 atom stereocenters. The first-order valence-corrected chi connectivity index (χ1v) is 9.05. The minimum atomic E-state index is -0.240. The molecule has 3 aromatic rings. The van der Waals surface area contributed by atoms with Gasteiger partial charge in [0.2, 0.25) is 0 Å². The van der Waals surface area contributed by atoms with Crippen molar-refractivity contribution in [1.82, 2.24) is 20.2 Å². The van der Waals surface area contributed by atoms with Gasteiger partial charge in [0.15, 0.2) is 5.96 Å². The van der Waals surface area contributed by atoms with E-state index in [1.807, 2.05) is 37.4 Å². The van der Waals surface area contributed by atoms with E-state index < -0.39 is 0 Å². The van der Waals surface area contributed by atoms with Gasteiger partial charge in [-0.25, -0.2) is 14.4 Å². The van der Waals surface area contributed by atoms with Crippen LogP contribution in [-0.4, -0.2) is 22.1 Å². The number of hydrogen-bond acceptors (Lipinski definition) is 2. The zero-order chi connectivity index (χ0) is 18.9. The van der Waals surface area contributed by atoms with E-state index in [0.29, 0.717) is 18.1 Å². The van der Waals surface area contributed by atoms with Gasteiger partial charge in [0.1, 0.15) is 11.6 Å². The van der Waals surface area contributed by atoms with Crippen molar-refractivity contribution in [3.63, 3.8) is 0 Å². The van der Waals surface area contributed by atoms with Crippen LogP contribution in [0.2, 0.25) is 0 Å². The third-order valence-corrected chi connectivity index (χ3v) is 4.12. The molecule has 27 heavy (non-hydrogen) atoms. The van der Waals surface area contributed by atoms with Gasteiger partial charge in [-0.2, -0.15) is 0 Å².